The molecule has 2 rings (SSSR count). The van der Waals surface area contributed by atoms with E-state index in [0.29, 0.717) is 5.56 Å². The summed E-state index contributed by atoms with van der Waals surface area (Å²) in [4.78, 5) is 21.7. The fourth-order valence-corrected chi connectivity index (χ4v) is 1.14. The highest BCUT2D eigenvalue weighted by molar-refractivity contribution is 5.79. The SMILES string of the molecule is Cc1ccc(O)c2oc(=O)c(=O)oc12. The summed E-state index contributed by atoms with van der Waals surface area (Å²) in [6, 6.07) is 2.92. The van der Waals surface area contributed by atoms with Crippen LogP contribution in [0.3, 0.4) is 0 Å². The number of hydrogen-bond acceptors (Lipinski definition) is 5. The first-order valence-corrected chi connectivity index (χ1v) is 3.86. The van der Waals surface area contributed by atoms with Gasteiger partial charge in [0.05, 0.1) is 0 Å². The standard InChI is InChI=1S/C9H6O5/c1-4-2-3-5(10)7-6(4)13-8(11)9(12)14-7/h2-3,10H,1H3. The molecule has 0 saturated heterocycles. The van der Waals surface area contributed by atoms with Gasteiger partial charge in [0, 0.05) is 0 Å². The van der Waals surface area contributed by atoms with Gasteiger partial charge in [-0.05, 0) is 18.6 Å². The zero-order valence-electron chi connectivity index (χ0n) is 7.23. The monoisotopic (exact) mass is 194 g/mol. The van der Waals surface area contributed by atoms with Crippen LogP contribution >= 0.6 is 0 Å². The van der Waals surface area contributed by atoms with Gasteiger partial charge in [0.15, 0.2) is 11.3 Å². The normalized spacial score (nSPS) is 10.6. The molecule has 0 atom stereocenters. The molecule has 72 valence electrons. The third-order valence-corrected chi connectivity index (χ3v) is 1.84. The second-order valence-corrected chi connectivity index (χ2v) is 2.84. The van der Waals surface area contributed by atoms with Gasteiger partial charge in [0.1, 0.15) is 0 Å². The summed E-state index contributed by atoms with van der Waals surface area (Å²) in [6.07, 6.45) is 0. The summed E-state index contributed by atoms with van der Waals surface area (Å²) in [6.45, 7) is 1.67. The van der Waals surface area contributed by atoms with Gasteiger partial charge in [-0.1, -0.05) is 6.07 Å². The van der Waals surface area contributed by atoms with Crippen molar-refractivity contribution in [3.8, 4) is 5.75 Å². The molecule has 0 saturated carbocycles. The third-order valence-electron chi connectivity index (χ3n) is 1.84. The van der Waals surface area contributed by atoms with Gasteiger partial charge in [-0.3, -0.25) is 0 Å². The minimum Gasteiger partial charge on any atom is -0.504 e. The fourth-order valence-electron chi connectivity index (χ4n) is 1.14. The Kier molecular flexibility index (Phi) is 1.67. The average molecular weight is 194 g/mol. The zero-order chi connectivity index (χ0) is 10.3. The maximum absolute atomic E-state index is 10.8. The molecule has 0 unspecified atom stereocenters. The molecule has 0 fully saturated rings. The van der Waals surface area contributed by atoms with Gasteiger partial charge in [0.25, 0.3) is 0 Å². The largest absolute Gasteiger partial charge is 0.504 e. The first-order chi connectivity index (χ1) is 6.59. The van der Waals surface area contributed by atoms with Gasteiger partial charge in [-0.15, -0.1) is 0 Å². The summed E-state index contributed by atoms with van der Waals surface area (Å²) in [7, 11) is 0. The highest BCUT2D eigenvalue weighted by Gasteiger charge is 2.10. The van der Waals surface area contributed by atoms with Crippen molar-refractivity contribution in [2.75, 3.05) is 0 Å². The summed E-state index contributed by atoms with van der Waals surface area (Å²) in [5, 5.41) is 9.32. The number of benzene rings is 1. The van der Waals surface area contributed by atoms with Gasteiger partial charge in [-0.25, -0.2) is 9.59 Å². The number of rotatable bonds is 0. The Morgan fingerprint density at radius 2 is 1.64 bits per heavy atom. The Hall–Kier alpha value is -2.04. The van der Waals surface area contributed by atoms with Crippen LogP contribution in [0.15, 0.2) is 30.6 Å². The van der Waals surface area contributed by atoms with Gasteiger partial charge < -0.3 is 13.9 Å². The lowest BCUT2D eigenvalue weighted by atomic mass is 10.2. The van der Waals surface area contributed by atoms with E-state index in [1.54, 1.807) is 13.0 Å². The minimum absolute atomic E-state index is 0.0922. The summed E-state index contributed by atoms with van der Waals surface area (Å²) in [5.41, 5.74) is -1.60. The second-order valence-electron chi connectivity index (χ2n) is 2.84. The zero-order valence-corrected chi connectivity index (χ0v) is 7.23. The predicted molar refractivity (Wildman–Crippen MR) is 47.4 cm³/mol. The molecule has 1 N–H and O–H groups in total. The quantitative estimate of drug-likeness (QED) is 0.626. The minimum atomic E-state index is -1.13. The molecule has 0 aliphatic heterocycles. The Morgan fingerprint density at radius 3 is 2.29 bits per heavy atom. The van der Waals surface area contributed by atoms with Crippen LogP contribution in [0.5, 0.6) is 5.75 Å². The lowest BCUT2D eigenvalue weighted by Gasteiger charge is -1.99. The van der Waals surface area contributed by atoms with Crippen molar-refractivity contribution in [1.82, 2.24) is 0 Å². The molecule has 5 nitrogen and oxygen atoms in total. The van der Waals surface area contributed by atoms with Crippen molar-refractivity contribution in [1.29, 1.82) is 0 Å². The lowest BCUT2D eigenvalue weighted by Crippen LogP contribution is -2.21. The van der Waals surface area contributed by atoms with Crippen LogP contribution in [0.1, 0.15) is 5.56 Å². The van der Waals surface area contributed by atoms with E-state index >= 15 is 0 Å². The van der Waals surface area contributed by atoms with Crippen LogP contribution in [0.2, 0.25) is 0 Å². The van der Waals surface area contributed by atoms with Crippen LogP contribution < -0.4 is 11.3 Å². The van der Waals surface area contributed by atoms with Crippen LogP contribution in [-0.4, -0.2) is 5.11 Å². The van der Waals surface area contributed by atoms with Crippen molar-refractivity contribution in [3.05, 3.63) is 38.5 Å². The number of fused-ring (bicyclic) bond motifs is 1. The molecule has 1 aromatic carbocycles. The maximum atomic E-state index is 10.8. The Balaban J connectivity index is 3.09. The van der Waals surface area contributed by atoms with E-state index in [1.807, 2.05) is 0 Å². The Labute approximate surface area is 77.2 Å². The molecule has 0 spiro atoms. The van der Waals surface area contributed by atoms with Crippen LogP contribution in [-0.2, 0) is 0 Å². The van der Waals surface area contributed by atoms with E-state index < -0.39 is 11.3 Å². The highest BCUT2D eigenvalue weighted by Crippen LogP contribution is 2.24. The topological polar surface area (TPSA) is 80.7 Å². The fraction of sp³-hybridized carbons (Fsp3) is 0.111. The first-order valence-electron chi connectivity index (χ1n) is 3.86. The molecule has 1 heterocycles. The van der Waals surface area contributed by atoms with E-state index in [4.69, 9.17) is 0 Å². The molecule has 1 aromatic heterocycles. The molecule has 0 amide bonds. The lowest BCUT2D eigenvalue weighted by molar-refractivity contribution is 0.419. The first kappa shape index (κ1) is 8.55. The number of aryl methyl sites for hydroxylation is 1. The number of phenolic OH excluding ortho intramolecular Hbond substituents is 1. The van der Waals surface area contributed by atoms with E-state index in [0.717, 1.165) is 0 Å². The molecule has 0 aliphatic carbocycles. The van der Waals surface area contributed by atoms with Gasteiger partial charge >= 0.3 is 11.3 Å². The number of hydrogen-bond donors (Lipinski definition) is 1. The molecular formula is C9H6O5. The number of aromatic hydroxyl groups is 1. The molecule has 2 aromatic rings. The van der Waals surface area contributed by atoms with Crippen molar-refractivity contribution >= 4 is 11.2 Å². The molecule has 14 heavy (non-hydrogen) atoms. The molecule has 5 heteroatoms. The molecule has 0 radical (unpaired) electrons. The molecule has 0 bridgehead atoms. The van der Waals surface area contributed by atoms with E-state index in [2.05, 4.69) is 8.83 Å². The van der Waals surface area contributed by atoms with Gasteiger partial charge in [-0.2, -0.15) is 0 Å². The van der Waals surface area contributed by atoms with Crippen LogP contribution in [0, 0.1) is 6.92 Å². The van der Waals surface area contributed by atoms with E-state index in [9.17, 15) is 14.7 Å². The third kappa shape index (κ3) is 1.10. The second kappa shape index (κ2) is 2.73. The molecular weight excluding hydrogens is 188 g/mol. The summed E-state index contributed by atoms with van der Waals surface area (Å²) < 4.78 is 9.27. The maximum Gasteiger partial charge on any atom is 0.423 e. The Morgan fingerprint density at radius 1 is 1.07 bits per heavy atom. The summed E-state index contributed by atoms with van der Waals surface area (Å²) >= 11 is 0. The van der Waals surface area contributed by atoms with Crippen molar-refractivity contribution in [2.45, 2.75) is 6.92 Å². The smallest absolute Gasteiger partial charge is 0.423 e. The Bertz CT molecular complexity index is 550. The summed E-state index contributed by atoms with van der Waals surface area (Å²) in [5.74, 6) is -0.230. The average Bonchev–Trinajstić information content (AvgIpc) is 2.15. The van der Waals surface area contributed by atoms with Crippen molar-refractivity contribution < 1.29 is 13.9 Å². The van der Waals surface area contributed by atoms with Gasteiger partial charge in [0.2, 0.25) is 5.58 Å². The van der Waals surface area contributed by atoms with Crippen molar-refractivity contribution in [2.24, 2.45) is 0 Å². The predicted octanol–water partition coefficient (Wildman–Crippen LogP) is 0.760. The number of phenols is 1. The van der Waals surface area contributed by atoms with E-state index in [1.165, 1.54) is 6.07 Å². The van der Waals surface area contributed by atoms with Crippen LogP contribution in [0.25, 0.3) is 11.2 Å². The van der Waals surface area contributed by atoms with Crippen molar-refractivity contribution in [3.63, 3.8) is 0 Å². The van der Waals surface area contributed by atoms with Crippen LogP contribution in [0.4, 0.5) is 0 Å². The molecule has 0 aliphatic rings. The highest BCUT2D eigenvalue weighted by atomic mass is 16.5. The van der Waals surface area contributed by atoms with E-state index in [-0.39, 0.29) is 16.9 Å².